The summed E-state index contributed by atoms with van der Waals surface area (Å²) in [6, 6.07) is 0. The maximum absolute atomic E-state index is 12.0. The highest BCUT2D eigenvalue weighted by Crippen LogP contribution is 2.35. The van der Waals surface area contributed by atoms with Crippen molar-refractivity contribution in [3.63, 3.8) is 0 Å². The van der Waals surface area contributed by atoms with Crippen LogP contribution in [0.1, 0.15) is 32.6 Å². The highest BCUT2D eigenvalue weighted by molar-refractivity contribution is 5.76. The molecule has 2 rings (SSSR count). The van der Waals surface area contributed by atoms with E-state index in [0.717, 1.165) is 45.6 Å². The van der Waals surface area contributed by atoms with Crippen molar-refractivity contribution in [2.45, 2.75) is 38.7 Å². The lowest BCUT2D eigenvalue weighted by Gasteiger charge is -2.19. The van der Waals surface area contributed by atoms with Gasteiger partial charge in [-0.05, 0) is 18.8 Å². The van der Waals surface area contributed by atoms with Gasteiger partial charge in [0.25, 0.3) is 0 Å². The van der Waals surface area contributed by atoms with Crippen molar-refractivity contribution in [3.05, 3.63) is 0 Å². The first-order valence-corrected chi connectivity index (χ1v) is 7.14. The highest BCUT2D eigenvalue weighted by Gasteiger charge is 2.44. The van der Waals surface area contributed by atoms with Gasteiger partial charge in [0, 0.05) is 39.1 Å². The van der Waals surface area contributed by atoms with Gasteiger partial charge in [-0.1, -0.05) is 13.3 Å². The molecule has 18 heavy (non-hydrogen) atoms. The number of carbonyl (C=O) groups excluding carboxylic acids is 1. The van der Waals surface area contributed by atoms with E-state index in [2.05, 4.69) is 6.92 Å². The summed E-state index contributed by atoms with van der Waals surface area (Å²) in [7, 11) is 1.74. The van der Waals surface area contributed by atoms with E-state index in [0.29, 0.717) is 24.2 Å². The van der Waals surface area contributed by atoms with Crippen molar-refractivity contribution in [2.75, 3.05) is 33.4 Å². The first-order valence-electron chi connectivity index (χ1n) is 7.14. The fourth-order valence-electron chi connectivity index (χ4n) is 3.06. The molecule has 1 amide bonds. The van der Waals surface area contributed by atoms with Gasteiger partial charge in [-0.3, -0.25) is 4.79 Å². The molecule has 0 aromatic carbocycles. The second-order valence-electron chi connectivity index (χ2n) is 5.48. The average Bonchev–Trinajstić information content (AvgIpc) is 2.94. The molecule has 0 spiro atoms. The van der Waals surface area contributed by atoms with Gasteiger partial charge >= 0.3 is 0 Å². The van der Waals surface area contributed by atoms with Crippen molar-refractivity contribution in [1.82, 2.24) is 4.90 Å². The number of likely N-dealkylation sites (tertiary alicyclic amines) is 1. The lowest BCUT2D eigenvalue weighted by Crippen LogP contribution is -2.31. The van der Waals surface area contributed by atoms with Gasteiger partial charge in [-0.2, -0.15) is 0 Å². The molecule has 0 aromatic heterocycles. The van der Waals surface area contributed by atoms with Crippen LogP contribution in [0.2, 0.25) is 0 Å². The standard InChI is InChI=1S/C14H25NO3/c1-3-4-5-14(16)15-8-12-11(6-7-17-2)10-18-13(12)9-15/h11-13H,3-10H2,1-2H3/t11-,12-,13-/m0/s1. The van der Waals surface area contributed by atoms with Gasteiger partial charge in [-0.25, -0.2) is 0 Å². The van der Waals surface area contributed by atoms with Crippen LogP contribution in [-0.2, 0) is 14.3 Å². The van der Waals surface area contributed by atoms with Crippen molar-refractivity contribution in [2.24, 2.45) is 11.8 Å². The molecule has 4 heteroatoms. The summed E-state index contributed by atoms with van der Waals surface area (Å²) < 4.78 is 11.0. The van der Waals surface area contributed by atoms with Crippen LogP contribution in [0.15, 0.2) is 0 Å². The van der Waals surface area contributed by atoms with E-state index in [4.69, 9.17) is 9.47 Å². The Morgan fingerprint density at radius 2 is 2.28 bits per heavy atom. The second-order valence-corrected chi connectivity index (χ2v) is 5.48. The number of nitrogens with zero attached hydrogens (tertiary/aromatic N) is 1. The normalized spacial score (nSPS) is 30.8. The molecule has 0 saturated carbocycles. The van der Waals surface area contributed by atoms with Gasteiger partial charge < -0.3 is 14.4 Å². The van der Waals surface area contributed by atoms with Crippen LogP contribution in [0.5, 0.6) is 0 Å². The number of carbonyl (C=O) groups is 1. The lowest BCUT2D eigenvalue weighted by atomic mass is 9.91. The van der Waals surface area contributed by atoms with E-state index in [1.54, 1.807) is 7.11 Å². The lowest BCUT2D eigenvalue weighted by molar-refractivity contribution is -0.131. The molecule has 104 valence electrons. The number of methoxy groups -OCH3 is 1. The Morgan fingerprint density at radius 3 is 3.00 bits per heavy atom. The number of fused-ring (bicyclic) bond motifs is 1. The highest BCUT2D eigenvalue weighted by atomic mass is 16.5. The molecule has 0 unspecified atom stereocenters. The monoisotopic (exact) mass is 255 g/mol. The number of unbranched alkanes of at least 4 members (excludes halogenated alkanes) is 1. The molecule has 3 atom stereocenters. The Kier molecular flexibility index (Phi) is 5.01. The average molecular weight is 255 g/mol. The van der Waals surface area contributed by atoms with Gasteiger partial charge in [0.1, 0.15) is 0 Å². The maximum atomic E-state index is 12.0. The predicted octanol–water partition coefficient (Wildman–Crippen LogP) is 1.69. The molecule has 2 aliphatic heterocycles. The number of hydrogen-bond acceptors (Lipinski definition) is 3. The predicted molar refractivity (Wildman–Crippen MR) is 69.3 cm³/mol. The fourth-order valence-corrected chi connectivity index (χ4v) is 3.06. The van der Waals surface area contributed by atoms with Crippen LogP contribution < -0.4 is 0 Å². The SMILES string of the molecule is CCCCC(=O)N1C[C@H]2[C@@H](CCOC)CO[C@H]2C1. The zero-order valence-corrected chi connectivity index (χ0v) is 11.6. The minimum absolute atomic E-state index is 0.275. The van der Waals surface area contributed by atoms with Gasteiger partial charge in [0.15, 0.2) is 0 Å². The minimum Gasteiger partial charge on any atom is -0.385 e. The molecule has 2 saturated heterocycles. The molecular formula is C14H25NO3. The summed E-state index contributed by atoms with van der Waals surface area (Å²) in [4.78, 5) is 14.0. The number of ether oxygens (including phenoxy) is 2. The van der Waals surface area contributed by atoms with E-state index < -0.39 is 0 Å². The molecular weight excluding hydrogens is 230 g/mol. The van der Waals surface area contributed by atoms with Crippen molar-refractivity contribution >= 4 is 5.91 Å². The summed E-state index contributed by atoms with van der Waals surface area (Å²) >= 11 is 0. The summed E-state index contributed by atoms with van der Waals surface area (Å²) in [5, 5.41) is 0. The van der Waals surface area contributed by atoms with Crippen molar-refractivity contribution < 1.29 is 14.3 Å². The van der Waals surface area contributed by atoms with Crippen molar-refractivity contribution in [3.8, 4) is 0 Å². The van der Waals surface area contributed by atoms with Crippen LogP contribution in [-0.4, -0.2) is 50.3 Å². The summed E-state index contributed by atoms with van der Waals surface area (Å²) in [5.74, 6) is 1.41. The molecule has 2 fully saturated rings. The van der Waals surface area contributed by atoms with Crippen molar-refractivity contribution in [1.29, 1.82) is 0 Å². The second kappa shape index (κ2) is 6.53. The number of amides is 1. The third-order valence-electron chi connectivity index (χ3n) is 4.23. The molecule has 0 aliphatic carbocycles. The Bertz CT molecular complexity index is 282. The number of rotatable bonds is 6. The minimum atomic E-state index is 0.275. The maximum Gasteiger partial charge on any atom is 0.222 e. The van der Waals surface area contributed by atoms with Crippen LogP contribution in [0.3, 0.4) is 0 Å². The van der Waals surface area contributed by atoms with E-state index in [1.807, 2.05) is 4.90 Å². The first kappa shape index (κ1) is 13.8. The van der Waals surface area contributed by atoms with Gasteiger partial charge in [0.05, 0.1) is 12.7 Å². The largest absolute Gasteiger partial charge is 0.385 e. The molecule has 0 aromatic rings. The van der Waals surface area contributed by atoms with E-state index >= 15 is 0 Å². The third-order valence-corrected chi connectivity index (χ3v) is 4.23. The quantitative estimate of drug-likeness (QED) is 0.725. The Morgan fingerprint density at radius 1 is 1.44 bits per heavy atom. The van der Waals surface area contributed by atoms with E-state index in [1.165, 1.54) is 0 Å². The van der Waals surface area contributed by atoms with Gasteiger partial charge in [0.2, 0.25) is 5.91 Å². The van der Waals surface area contributed by atoms with E-state index in [9.17, 15) is 4.79 Å². The number of hydrogen-bond donors (Lipinski definition) is 0. The van der Waals surface area contributed by atoms with Crippen LogP contribution >= 0.6 is 0 Å². The molecule has 0 bridgehead atoms. The zero-order chi connectivity index (χ0) is 13.0. The zero-order valence-electron chi connectivity index (χ0n) is 11.6. The summed E-state index contributed by atoms with van der Waals surface area (Å²) in [5.41, 5.74) is 0. The Balaban J connectivity index is 1.82. The van der Waals surface area contributed by atoms with Crippen LogP contribution in [0.4, 0.5) is 0 Å². The Hall–Kier alpha value is -0.610. The molecule has 0 radical (unpaired) electrons. The molecule has 4 nitrogen and oxygen atoms in total. The fraction of sp³-hybridized carbons (Fsp3) is 0.929. The van der Waals surface area contributed by atoms with Crippen LogP contribution in [0.25, 0.3) is 0 Å². The van der Waals surface area contributed by atoms with Crippen LogP contribution in [0, 0.1) is 11.8 Å². The smallest absolute Gasteiger partial charge is 0.222 e. The molecule has 2 aliphatic rings. The third kappa shape index (κ3) is 3.04. The van der Waals surface area contributed by atoms with Gasteiger partial charge in [-0.15, -0.1) is 0 Å². The summed E-state index contributed by atoms with van der Waals surface area (Å²) in [6.45, 7) is 5.45. The summed E-state index contributed by atoms with van der Waals surface area (Å²) in [6.07, 6.45) is 4.10. The molecule has 2 heterocycles. The molecule has 0 N–H and O–H groups in total. The first-order chi connectivity index (χ1) is 8.76. The topological polar surface area (TPSA) is 38.8 Å². The van der Waals surface area contributed by atoms with E-state index in [-0.39, 0.29) is 6.10 Å². The Labute approximate surface area is 110 Å².